The molecule has 0 bridgehead atoms. The molecule has 1 atom stereocenters. The van der Waals surface area contributed by atoms with Gasteiger partial charge < -0.3 is 0 Å². The minimum atomic E-state index is 0.543. The van der Waals surface area contributed by atoms with Gasteiger partial charge >= 0.3 is 0 Å². The highest BCUT2D eigenvalue weighted by Crippen LogP contribution is 2.49. The van der Waals surface area contributed by atoms with Crippen molar-refractivity contribution in [2.24, 2.45) is 4.99 Å². The third kappa shape index (κ3) is 1.49. The van der Waals surface area contributed by atoms with Crippen LogP contribution in [0.3, 0.4) is 0 Å². The van der Waals surface area contributed by atoms with E-state index in [4.69, 9.17) is 0 Å². The molecule has 1 heteroatoms. The molecular weight excluding hydrogens is 206 g/mol. The summed E-state index contributed by atoms with van der Waals surface area (Å²) in [6.45, 7) is 4.33. The smallest absolute Gasteiger partial charge is 0.0413 e. The van der Waals surface area contributed by atoms with Gasteiger partial charge in [0.05, 0.1) is 0 Å². The molecule has 1 nitrogen and oxygen atoms in total. The highest BCUT2D eigenvalue weighted by molar-refractivity contribution is 5.91. The van der Waals surface area contributed by atoms with Gasteiger partial charge in [0, 0.05) is 17.8 Å². The van der Waals surface area contributed by atoms with Crippen molar-refractivity contribution in [1.29, 1.82) is 0 Å². The Morgan fingerprint density at radius 1 is 1.35 bits per heavy atom. The predicted molar refractivity (Wildman–Crippen MR) is 73.3 cm³/mol. The highest BCUT2D eigenvalue weighted by atomic mass is 14.7. The summed E-state index contributed by atoms with van der Waals surface area (Å²) in [5.74, 6) is 0.543. The molecular formula is C16H17N. The summed E-state index contributed by atoms with van der Waals surface area (Å²) >= 11 is 0. The Morgan fingerprint density at radius 2 is 2.18 bits per heavy atom. The fourth-order valence-corrected chi connectivity index (χ4v) is 3.01. The lowest BCUT2D eigenvalue weighted by Gasteiger charge is -2.17. The number of rotatable bonds is 1. The Hall–Kier alpha value is -1.63. The molecule has 0 N–H and O–H groups in total. The molecule has 1 aliphatic carbocycles. The molecule has 0 amide bonds. The first-order valence-electron chi connectivity index (χ1n) is 6.36. The number of aliphatic imine (C=N–C) groups is 1. The average Bonchev–Trinajstić information content (AvgIpc) is 2.67. The lowest BCUT2D eigenvalue weighted by atomic mass is 9.91. The fraction of sp³-hybridized carbons (Fsp3) is 0.312. The average molecular weight is 223 g/mol. The van der Waals surface area contributed by atoms with E-state index in [0.29, 0.717) is 5.92 Å². The van der Waals surface area contributed by atoms with E-state index in [-0.39, 0.29) is 0 Å². The van der Waals surface area contributed by atoms with Crippen LogP contribution in [0.25, 0.3) is 5.57 Å². The Labute approximate surface area is 103 Å². The van der Waals surface area contributed by atoms with Crippen LogP contribution in [-0.2, 0) is 0 Å². The van der Waals surface area contributed by atoms with Gasteiger partial charge in [0.25, 0.3) is 0 Å². The second-order valence-electron chi connectivity index (χ2n) is 4.71. The summed E-state index contributed by atoms with van der Waals surface area (Å²) < 4.78 is 0. The molecule has 86 valence electrons. The van der Waals surface area contributed by atoms with Gasteiger partial charge in [-0.05, 0) is 42.0 Å². The van der Waals surface area contributed by atoms with Gasteiger partial charge in [0.2, 0.25) is 0 Å². The Bertz CT molecular complexity index is 546. The summed E-state index contributed by atoms with van der Waals surface area (Å²) in [7, 11) is 0. The van der Waals surface area contributed by atoms with Gasteiger partial charge in [-0.15, -0.1) is 0 Å². The van der Waals surface area contributed by atoms with Crippen molar-refractivity contribution in [3.8, 4) is 0 Å². The van der Waals surface area contributed by atoms with E-state index in [9.17, 15) is 0 Å². The molecule has 0 saturated carbocycles. The van der Waals surface area contributed by atoms with Crippen molar-refractivity contribution in [1.82, 2.24) is 0 Å². The molecule has 17 heavy (non-hydrogen) atoms. The normalized spacial score (nSPS) is 24.1. The molecule has 0 aromatic heterocycles. The minimum absolute atomic E-state index is 0.543. The zero-order chi connectivity index (χ0) is 11.8. The molecule has 0 saturated heterocycles. The van der Waals surface area contributed by atoms with Crippen LogP contribution in [-0.4, -0.2) is 6.21 Å². The summed E-state index contributed by atoms with van der Waals surface area (Å²) in [5, 5.41) is 0. The summed E-state index contributed by atoms with van der Waals surface area (Å²) in [4.78, 5) is 4.50. The second-order valence-corrected chi connectivity index (χ2v) is 4.71. The van der Waals surface area contributed by atoms with Crippen LogP contribution < -0.4 is 0 Å². The van der Waals surface area contributed by atoms with Gasteiger partial charge in [-0.2, -0.15) is 0 Å². The summed E-state index contributed by atoms with van der Waals surface area (Å²) in [6, 6.07) is 8.79. The molecule has 1 aromatic rings. The van der Waals surface area contributed by atoms with E-state index >= 15 is 0 Å². The van der Waals surface area contributed by atoms with Crippen LogP contribution in [0.5, 0.6) is 0 Å². The SMILES string of the molecule is CC/C=C1\C2=C(C)N=CCC2c2ccccc21. The van der Waals surface area contributed by atoms with Gasteiger partial charge in [0.15, 0.2) is 0 Å². The van der Waals surface area contributed by atoms with E-state index in [1.807, 2.05) is 0 Å². The van der Waals surface area contributed by atoms with Crippen LogP contribution in [0.15, 0.2) is 46.6 Å². The summed E-state index contributed by atoms with van der Waals surface area (Å²) in [5.41, 5.74) is 6.96. The minimum Gasteiger partial charge on any atom is -0.266 e. The fourth-order valence-electron chi connectivity index (χ4n) is 3.01. The zero-order valence-electron chi connectivity index (χ0n) is 10.4. The lowest BCUT2D eigenvalue weighted by molar-refractivity contribution is 0.857. The molecule has 1 aromatic carbocycles. The highest BCUT2D eigenvalue weighted by Gasteiger charge is 2.33. The number of nitrogens with zero attached hydrogens (tertiary/aromatic N) is 1. The molecule has 1 heterocycles. The van der Waals surface area contributed by atoms with Crippen LogP contribution in [0.2, 0.25) is 0 Å². The lowest BCUT2D eigenvalue weighted by Crippen LogP contribution is -2.03. The van der Waals surface area contributed by atoms with Crippen molar-refractivity contribution in [3.05, 3.63) is 52.7 Å². The van der Waals surface area contributed by atoms with Crippen molar-refractivity contribution in [3.63, 3.8) is 0 Å². The largest absolute Gasteiger partial charge is 0.266 e. The van der Waals surface area contributed by atoms with Crippen molar-refractivity contribution in [2.45, 2.75) is 32.6 Å². The maximum absolute atomic E-state index is 4.50. The number of allylic oxidation sites excluding steroid dienone is 4. The first kappa shape index (κ1) is 10.5. The monoisotopic (exact) mass is 223 g/mol. The number of hydrogen-bond donors (Lipinski definition) is 0. The first-order chi connectivity index (χ1) is 8.33. The molecule has 2 aliphatic rings. The van der Waals surface area contributed by atoms with E-state index in [0.717, 1.165) is 12.8 Å². The maximum Gasteiger partial charge on any atom is 0.0413 e. The predicted octanol–water partition coefficient (Wildman–Crippen LogP) is 4.33. The van der Waals surface area contributed by atoms with Gasteiger partial charge in [-0.25, -0.2) is 0 Å². The molecule has 1 aliphatic heterocycles. The molecule has 0 fully saturated rings. The van der Waals surface area contributed by atoms with E-state index in [2.05, 4.69) is 55.4 Å². The molecule has 3 rings (SSSR count). The van der Waals surface area contributed by atoms with Crippen molar-refractivity contribution >= 4 is 11.8 Å². The van der Waals surface area contributed by atoms with E-state index in [1.54, 1.807) is 0 Å². The zero-order valence-corrected chi connectivity index (χ0v) is 10.4. The quantitative estimate of drug-likeness (QED) is 0.672. The van der Waals surface area contributed by atoms with E-state index < -0.39 is 0 Å². The van der Waals surface area contributed by atoms with Crippen LogP contribution >= 0.6 is 0 Å². The third-order valence-electron chi connectivity index (χ3n) is 3.69. The van der Waals surface area contributed by atoms with Gasteiger partial charge in [0.1, 0.15) is 0 Å². The summed E-state index contributed by atoms with van der Waals surface area (Å²) in [6.07, 6.45) is 6.54. The Morgan fingerprint density at radius 3 is 3.00 bits per heavy atom. The maximum atomic E-state index is 4.50. The number of fused-ring (bicyclic) bond motifs is 3. The van der Waals surface area contributed by atoms with Crippen molar-refractivity contribution in [2.75, 3.05) is 0 Å². The second kappa shape index (κ2) is 3.99. The standard InChI is InChI=1S/C16H17N/c1-3-6-14-12-7-4-5-8-13(12)15-9-10-17-11(2)16(14)15/h4-8,10,15H,3,9H2,1-2H3/b14-6-. The topological polar surface area (TPSA) is 12.4 Å². The van der Waals surface area contributed by atoms with Gasteiger partial charge in [-0.1, -0.05) is 37.3 Å². The number of hydrogen-bond acceptors (Lipinski definition) is 1. The first-order valence-corrected chi connectivity index (χ1v) is 6.36. The van der Waals surface area contributed by atoms with Gasteiger partial charge in [-0.3, -0.25) is 4.99 Å². The van der Waals surface area contributed by atoms with Crippen LogP contribution in [0.1, 0.15) is 43.7 Å². The Kier molecular flexibility index (Phi) is 2.47. The van der Waals surface area contributed by atoms with E-state index in [1.165, 1.54) is 28.0 Å². The molecule has 0 spiro atoms. The Balaban J connectivity index is 2.26. The van der Waals surface area contributed by atoms with Crippen molar-refractivity contribution < 1.29 is 0 Å². The molecule has 0 radical (unpaired) electrons. The van der Waals surface area contributed by atoms with Crippen LogP contribution in [0.4, 0.5) is 0 Å². The third-order valence-corrected chi connectivity index (χ3v) is 3.69. The number of benzene rings is 1. The van der Waals surface area contributed by atoms with Crippen LogP contribution in [0, 0.1) is 0 Å². The molecule has 1 unspecified atom stereocenters.